The fourth-order valence-electron chi connectivity index (χ4n) is 1.62. The van der Waals surface area contributed by atoms with Gasteiger partial charge < -0.3 is 9.80 Å². The predicted molar refractivity (Wildman–Crippen MR) is 57.7 cm³/mol. The number of carbonyl (C=O) groups is 2. The topological polar surface area (TPSA) is 53.5 Å². The maximum atomic E-state index is 12.9. The molecule has 5 nitrogen and oxygen atoms in total. The first-order valence-electron chi connectivity index (χ1n) is 5.24. The highest BCUT2D eigenvalue weighted by Gasteiger charge is 2.26. The third kappa shape index (κ3) is 2.41. The van der Waals surface area contributed by atoms with Gasteiger partial charge in [0.25, 0.3) is 5.91 Å². The van der Waals surface area contributed by atoms with E-state index in [4.69, 9.17) is 0 Å². The van der Waals surface area contributed by atoms with Crippen molar-refractivity contribution in [2.75, 3.05) is 26.7 Å². The number of nitrogens with zero attached hydrogens (tertiary/aromatic N) is 3. The summed E-state index contributed by atoms with van der Waals surface area (Å²) in [6.07, 6.45) is 0. The van der Waals surface area contributed by atoms with E-state index in [0.717, 1.165) is 0 Å². The van der Waals surface area contributed by atoms with Crippen LogP contribution in [0.5, 0.6) is 0 Å². The Bertz CT molecular complexity index is 464. The van der Waals surface area contributed by atoms with Crippen molar-refractivity contribution in [3.8, 4) is 0 Å². The maximum absolute atomic E-state index is 12.9. The van der Waals surface area contributed by atoms with Crippen molar-refractivity contribution in [2.45, 2.75) is 0 Å². The summed E-state index contributed by atoms with van der Waals surface area (Å²) in [5.74, 6) is -1.23. The average molecular weight is 237 g/mol. The lowest BCUT2D eigenvalue weighted by atomic mass is 10.2. The van der Waals surface area contributed by atoms with Gasteiger partial charge in [-0.3, -0.25) is 9.59 Å². The van der Waals surface area contributed by atoms with Crippen molar-refractivity contribution in [3.63, 3.8) is 0 Å². The van der Waals surface area contributed by atoms with Crippen LogP contribution >= 0.6 is 0 Å². The molecule has 90 valence electrons. The number of aromatic nitrogens is 1. The molecule has 0 saturated carbocycles. The lowest BCUT2D eigenvalue weighted by Crippen LogP contribution is -2.50. The number of rotatable bonds is 1. The van der Waals surface area contributed by atoms with Crippen LogP contribution in [-0.4, -0.2) is 53.3 Å². The Balaban J connectivity index is 2.13. The molecule has 0 bridgehead atoms. The Kier molecular flexibility index (Phi) is 3.03. The second-order valence-electron chi connectivity index (χ2n) is 3.89. The molecular weight excluding hydrogens is 225 g/mol. The van der Waals surface area contributed by atoms with Crippen LogP contribution in [0.2, 0.25) is 0 Å². The molecule has 2 rings (SSSR count). The fourth-order valence-corrected chi connectivity index (χ4v) is 1.62. The molecule has 0 radical (unpaired) electrons. The Morgan fingerprint density at radius 2 is 2.18 bits per heavy atom. The lowest BCUT2D eigenvalue weighted by Gasteiger charge is -2.31. The van der Waals surface area contributed by atoms with Gasteiger partial charge in [-0.25, -0.2) is 4.98 Å². The van der Waals surface area contributed by atoms with Crippen LogP contribution in [0.25, 0.3) is 0 Å². The highest BCUT2D eigenvalue weighted by Crippen LogP contribution is 2.07. The van der Waals surface area contributed by atoms with Crippen molar-refractivity contribution in [2.24, 2.45) is 0 Å². The molecule has 0 N–H and O–H groups in total. The Labute approximate surface area is 97.8 Å². The monoisotopic (exact) mass is 237 g/mol. The van der Waals surface area contributed by atoms with Gasteiger partial charge in [-0.05, 0) is 12.1 Å². The van der Waals surface area contributed by atoms with Crippen molar-refractivity contribution in [3.05, 3.63) is 29.8 Å². The number of likely N-dealkylation sites (N-methyl/N-ethyl adjacent to an activating group) is 1. The van der Waals surface area contributed by atoms with Crippen LogP contribution in [0, 0.1) is 5.95 Å². The van der Waals surface area contributed by atoms with E-state index in [1.807, 2.05) is 0 Å². The molecule has 1 aliphatic rings. The number of halogens is 1. The molecule has 0 aliphatic carbocycles. The molecular formula is C11H12FN3O2. The summed E-state index contributed by atoms with van der Waals surface area (Å²) in [7, 11) is 1.69. The molecule has 0 spiro atoms. The zero-order chi connectivity index (χ0) is 12.4. The molecule has 0 unspecified atom stereocenters. The van der Waals surface area contributed by atoms with Crippen LogP contribution in [0.3, 0.4) is 0 Å². The van der Waals surface area contributed by atoms with E-state index in [-0.39, 0.29) is 18.1 Å². The summed E-state index contributed by atoms with van der Waals surface area (Å²) in [5, 5.41) is 0. The molecule has 1 aromatic heterocycles. The molecule has 1 aliphatic heterocycles. The lowest BCUT2D eigenvalue weighted by molar-refractivity contribution is -0.133. The first kappa shape index (κ1) is 11.5. The van der Waals surface area contributed by atoms with Crippen LogP contribution in [0.4, 0.5) is 4.39 Å². The standard InChI is InChI=1S/C11H12FN3O2/c1-14-5-6-15(7-10(14)16)11(17)8-3-2-4-9(12)13-8/h2-4H,5-7H2,1H3. The van der Waals surface area contributed by atoms with Gasteiger partial charge in [-0.1, -0.05) is 6.07 Å². The second kappa shape index (κ2) is 4.48. The van der Waals surface area contributed by atoms with E-state index in [1.54, 1.807) is 11.9 Å². The van der Waals surface area contributed by atoms with Gasteiger partial charge in [0, 0.05) is 20.1 Å². The number of hydrogen-bond acceptors (Lipinski definition) is 3. The Morgan fingerprint density at radius 1 is 1.41 bits per heavy atom. The third-order valence-electron chi connectivity index (χ3n) is 2.68. The molecule has 0 aromatic carbocycles. The van der Waals surface area contributed by atoms with E-state index >= 15 is 0 Å². The molecule has 17 heavy (non-hydrogen) atoms. The minimum atomic E-state index is -0.698. The third-order valence-corrected chi connectivity index (χ3v) is 2.68. The van der Waals surface area contributed by atoms with Gasteiger partial charge >= 0.3 is 0 Å². The number of hydrogen-bond donors (Lipinski definition) is 0. The largest absolute Gasteiger partial charge is 0.342 e. The molecule has 1 saturated heterocycles. The zero-order valence-corrected chi connectivity index (χ0v) is 9.39. The van der Waals surface area contributed by atoms with Crippen LogP contribution in [0.1, 0.15) is 10.5 Å². The quantitative estimate of drug-likeness (QED) is 0.653. The second-order valence-corrected chi connectivity index (χ2v) is 3.89. The van der Waals surface area contributed by atoms with Gasteiger partial charge in [0.15, 0.2) is 0 Å². The van der Waals surface area contributed by atoms with E-state index < -0.39 is 11.9 Å². The van der Waals surface area contributed by atoms with Gasteiger partial charge in [0.2, 0.25) is 11.9 Å². The summed E-state index contributed by atoms with van der Waals surface area (Å²) >= 11 is 0. The van der Waals surface area contributed by atoms with Crippen molar-refractivity contribution < 1.29 is 14.0 Å². The Morgan fingerprint density at radius 3 is 2.82 bits per heavy atom. The first-order valence-corrected chi connectivity index (χ1v) is 5.24. The minimum Gasteiger partial charge on any atom is -0.342 e. The van der Waals surface area contributed by atoms with Gasteiger partial charge in [-0.2, -0.15) is 4.39 Å². The minimum absolute atomic E-state index is 0.0214. The van der Waals surface area contributed by atoms with Crippen molar-refractivity contribution in [1.29, 1.82) is 0 Å². The van der Waals surface area contributed by atoms with Gasteiger partial charge in [0.05, 0.1) is 0 Å². The average Bonchev–Trinajstić information content (AvgIpc) is 2.32. The summed E-state index contributed by atoms with van der Waals surface area (Å²) in [6.45, 7) is 0.951. The zero-order valence-electron chi connectivity index (χ0n) is 9.39. The smallest absolute Gasteiger partial charge is 0.273 e. The van der Waals surface area contributed by atoms with Gasteiger partial charge in [-0.15, -0.1) is 0 Å². The SMILES string of the molecule is CN1CCN(C(=O)c2cccc(F)n2)CC1=O. The molecule has 6 heteroatoms. The van der Waals surface area contributed by atoms with Crippen LogP contribution in [0.15, 0.2) is 18.2 Å². The maximum Gasteiger partial charge on any atom is 0.273 e. The van der Waals surface area contributed by atoms with E-state index in [0.29, 0.717) is 13.1 Å². The first-order chi connectivity index (χ1) is 8.08. The highest BCUT2D eigenvalue weighted by molar-refractivity contribution is 5.95. The van der Waals surface area contributed by atoms with E-state index in [1.165, 1.54) is 23.1 Å². The normalized spacial score (nSPS) is 16.2. The number of pyridine rings is 1. The summed E-state index contributed by atoms with van der Waals surface area (Å²) in [5.41, 5.74) is 0.0300. The number of carbonyl (C=O) groups excluding carboxylic acids is 2. The molecule has 1 aromatic rings. The Hall–Kier alpha value is -1.98. The van der Waals surface area contributed by atoms with Crippen LogP contribution < -0.4 is 0 Å². The van der Waals surface area contributed by atoms with Crippen LogP contribution in [-0.2, 0) is 4.79 Å². The highest BCUT2D eigenvalue weighted by atomic mass is 19.1. The summed E-state index contributed by atoms with van der Waals surface area (Å²) in [4.78, 5) is 29.8. The number of piperazine rings is 1. The van der Waals surface area contributed by atoms with E-state index in [2.05, 4.69) is 4.98 Å². The molecule has 2 heterocycles. The molecule has 2 amide bonds. The molecule has 1 fully saturated rings. The predicted octanol–water partition coefficient (Wildman–Crippen LogP) is 0.135. The summed E-state index contributed by atoms with van der Waals surface area (Å²) < 4.78 is 12.9. The molecule has 0 atom stereocenters. The number of amides is 2. The van der Waals surface area contributed by atoms with Gasteiger partial charge in [0.1, 0.15) is 12.2 Å². The van der Waals surface area contributed by atoms with Crippen molar-refractivity contribution >= 4 is 11.8 Å². The summed E-state index contributed by atoms with van der Waals surface area (Å²) in [6, 6.07) is 4.04. The fraction of sp³-hybridized carbons (Fsp3) is 0.364. The van der Waals surface area contributed by atoms with E-state index in [9.17, 15) is 14.0 Å². The van der Waals surface area contributed by atoms with Crippen molar-refractivity contribution in [1.82, 2.24) is 14.8 Å².